The summed E-state index contributed by atoms with van der Waals surface area (Å²) in [6, 6.07) is 28.2. The van der Waals surface area contributed by atoms with Gasteiger partial charge in [-0.2, -0.15) is 0 Å². The highest BCUT2D eigenvalue weighted by molar-refractivity contribution is 6.72. The molecule has 8 rings (SSSR count). The van der Waals surface area contributed by atoms with Crippen LogP contribution < -0.4 is 24.6 Å². The SMILES string of the molecule is CCOc1ccc2c(c1)CC(NCCCCO)C(=O)N2c1ccc(CN2C(=O)[C@@]3(O[C@@H](CCn4cc(C(CO)c5ccccc5)nn4)[C@H]([Si](C)(C)F)[C@H]3C)c3cc(OC)ccc32)cc1. The summed E-state index contributed by atoms with van der Waals surface area (Å²) in [7, 11) is -1.87. The molecular weight excluding hydrogens is 832 g/mol. The Morgan fingerprint density at radius 3 is 2.44 bits per heavy atom. The lowest BCUT2D eigenvalue weighted by Gasteiger charge is -2.35. The van der Waals surface area contributed by atoms with Gasteiger partial charge in [0.25, 0.3) is 5.91 Å². The number of aryl methyl sites for hydroxylation is 1. The molecule has 15 heteroatoms. The first kappa shape index (κ1) is 45.1. The predicted octanol–water partition coefficient (Wildman–Crippen LogP) is 7.17. The summed E-state index contributed by atoms with van der Waals surface area (Å²) in [6.45, 7) is 8.95. The van der Waals surface area contributed by atoms with Crippen LogP contribution in [-0.2, 0) is 39.4 Å². The number of hydrogen-bond acceptors (Lipinski definition) is 10. The minimum atomic E-state index is -3.45. The van der Waals surface area contributed by atoms with Crippen molar-refractivity contribution in [2.24, 2.45) is 5.92 Å². The van der Waals surface area contributed by atoms with Crippen LogP contribution in [0.5, 0.6) is 11.5 Å². The van der Waals surface area contributed by atoms with Crippen molar-refractivity contribution in [1.29, 1.82) is 0 Å². The Morgan fingerprint density at radius 1 is 0.984 bits per heavy atom. The highest BCUT2D eigenvalue weighted by Crippen LogP contribution is 2.61. The Bertz CT molecular complexity index is 2430. The maximum atomic E-state index is 16.7. The van der Waals surface area contributed by atoms with E-state index in [0.717, 1.165) is 34.5 Å². The Kier molecular flexibility index (Phi) is 13.4. The highest BCUT2D eigenvalue weighted by atomic mass is 28.4. The van der Waals surface area contributed by atoms with E-state index in [4.69, 9.17) is 14.2 Å². The fraction of sp³-hybridized carbons (Fsp3) is 0.429. The van der Waals surface area contributed by atoms with E-state index in [0.29, 0.717) is 67.3 Å². The number of halogens is 1. The first-order valence-electron chi connectivity index (χ1n) is 22.4. The average molecular weight is 891 g/mol. The van der Waals surface area contributed by atoms with E-state index < -0.39 is 37.6 Å². The summed E-state index contributed by atoms with van der Waals surface area (Å²) in [4.78, 5) is 32.8. The number of carbonyl (C=O) groups is 2. The van der Waals surface area contributed by atoms with Crippen LogP contribution in [0.2, 0.25) is 18.6 Å². The minimum Gasteiger partial charge on any atom is -0.497 e. The lowest BCUT2D eigenvalue weighted by atomic mass is 9.82. The Labute approximate surface area is 375 Å². The molecule has 338 valence electrons. The minimum absolute atomic E-state index is 0.0745. The number of unbranched alkanes of at least 4 members (excludes halogenated alkanes) is 1. The number of benzene rings is 4. The van der Waals surface area contributed by atoms with Crippen molar-refractivity contribution >= 4 is 37.3 Å². The van der Waals surface area contributed by atoms with Crippen molar-refractivity contribution in [2.75, 3.05) is 43.3 Å². The number of aliphatic hydroxyl groups is 2. The molecule has 0 saturated carbocycles. The van der Waals surface area contributed by atoms with Crippen molar-refractivity contribution in [3.63, 3.8) is 0 Å². The number of methoxy groups -OCH3 is 1. The summed E-state index contributed by atoms with van der Waals surface area (Å²) in [5.41, 5.74) is 4.22. The van der Waals surface area contributed by atoms with Crippen LogP contribution in [0, 0.1) is 5.92 Å². The van der Waals surface area contributed by atoms with Crippen molar-refractivity contribution in [3.05, 3.63) is 125 Å². The Hall–Kier alpha value is -5.45. The van der Waals surface area contributed by atoms with Gasteiger partial charge < -0.3 is 38.7 Å². The first-order chi connectivity index (χ1) is 30.9. The number of amides is 2. The van der Waals surface area contributed by atoms with Crippen LogP contribution in [0.4, 0.5) is 21.2 Å². The monoisotopic (exact) mass is 890 g/mol. The zero-order valence-corrected chi connectivity index (χ0v) is 38.2. The number of nitrogens with zero attached hydrogens (tertiary/aromatic N) is 5. The van der Waals surface area contributed by atoms with E-state index >= 15 is 8.90 Å². The number of rotatable bonds is 18. The quantitative estimate of drug-likeness (QED) is 0.0469. The molecule has 64 heavy (non-hydrogen) atoms. The number of anilines is 3. The lowest BCUT2D eigenvalue weighted by Crippen LogP contribution is -2.49. The van der Waals surface area contributed by atoms with Gasteiger partial charge in [0, 0.05) is 42.1 Å². The molecule has 3 N–H and O–H groups in total. The van der Waals surface area contributed by atoms with E-state index in [2.05, 4.69) is 15.6 Å². The van der Waals surface area contributed by atoms with E-state index in [9.17, 15) is 15.0 Å². The molecule has 1 fully saturated rings. The van der Waals surface area contributed by atoms with Crippen LogP contribution in [0.1, 0.15) is 67.0 Å². The third kappa shape index (κ3) is 8.59. The van der Waals surface area contributed by atoms with Gasteiger partial charge in [-0.25, -0.2) is 0 Å². The largest absolute Gasteiger partial charge is 0.497 e. The maximum absolute atomic E-state index is 16.7. The standard InChI is InChI=1S/C49H59FN6O7Si/c1-6-62-38-19-20-43-35(26-38)27-41(51-23-10-11-25-57)47(59)56(43)36-16-14-33(15-17-36)29-55-44-21-18-37(61-3)28-40(44)49(48(55)60)32(2)46(64(4,5)50)45(63-49)22-24-54-30-42(52-53-54)39(31-58)34-12-8-7-9-13-34/h7-9,12-21,26,28,30,32,39,41,45-46,51,57-58H,6,10-11,22-25,27,29,31H2,1-5H3/t32-,39?,41?,45+,46-,49+/m1/s1. The normalized spacial score (nSPS) is 22.2. The summed E-state index contributed by atoms with van der Waals surface area (Å²) in [5, 5.41) is 31.7. The molecule has 1 spiro atoms. The maximum Gasteiger partial charge on any atom is 0.264 e. The first-order valence-corrected chi connectivity index (χ1v) is 25.3. The second-order valence-electron chi connectivity index (χ2n) is 17.6. The van der Waals surface area contributed by atoms with Gasteiger partial charge in [0.2, 0.25) is 14.3 Å². The number of ether oxygens (including phenoxy) is 3. The lowest BCUT2D eigenvalue weighted by molar-refractivity contribution is -0.146. The highest BCUT2D eigenvalue weighted by Gasteiger charge is 2.66. The van der Waals surface area contributed by atoms with Gasteiger partial charge in [-0.1, -0.05) is 54.6 Å². The summed E-state index contributed by atoms with van der Waals surface area (Å²) in [6.07, 6.45) is 3.53. The topological polar surface area (TPSA) is 152 Å². The van der Waals surface area contributed by atoms with Crippen molar-refractivity contribution in [3.8, 4) is 11.5 Å². The molecule has 1 saturated heterocycles. The summed E-state index contributed by atoms with van der Waals surface area (Å²) < 4.78 is 36.9. The molecule has 3 aliphatic rings. The van der Waals surface area contributed by atoms with Crippen LogP contribution in [-0.4, -0.2) is 91.0 Å². The zero-order valence-electron chi connectivity index (χ0n) is 37.2. The van der Waals surface area contributed by atoms with Crippen LogP contribution in [0.3, 0.4) is 0 Å². The molecular formula is C49H59FN6O7Si. The molecule has 2 unspecified atom stereocenters. The number of aliphatic hydroxyl groups excluding tert-OH is 2. The van der Waals surface area contributed by atoms with Gasteiger partial charge in [-0.3, -0.25) is 19.2 Å². The Morgan fingerprint density at radius 2 is 1.73 bits per heavy atom. The van der Waals surface area contributed by atoms with Gasteiger partial charge in [-0.05, 0) is 117 Å². The van der Waals surface area contributed by atoms with E-state index in [1.165, 1.54) is 0 Å². The van der Waals surface area contributed by atoms with Gasteiger partial charge in [-0.15, -0.1) is 5.10 Å². The molecule has 4 heterocycles. The molecule has 0 radical (unpaired) electrons. The van der Waals surface area contributed by atoms with E-state index in [-0.39, 0.29) is 37.5 Å². The number of nitrogens with one attached hydrogen (secondary N) is 1. The van der Waals surface area contributed by atoms with Gasteiger partial charge in [0.1, 0.15) is 11.5 Å². The van der Waals surface area contributed by atoms with E-state index in [1.54, 1.807) is 34.7 Å². The predicted molar refractivity (Wildman–Crippen MR) is 245 cm³/mol. The molecule has 0 bridgehead atoms. The Balaban J connectivity index is 1.06. The molecule has 13 nitrogen and oxygen atoms in total. The summed E-state index contributed by atoms with van der Waals surface area (Å²) >= 11 is 0. The molecule has 0 aliphatic carbocycles. The van der Waals surface area contributed by atoms with Gasteiger partial charge in [0.05, 0.1) is 62.0 Å². The van der Waals surface area contributed by atoms with Crippen molar-refractivity contribution in [1.82, 2.24) is 20.3 Å². The van der Waals surface area contributed by atoms with Crippen LogP contribution >= 0.6 is 0 Å². The number of fused-ring (bicyclic) bond motifs is 3. The van der Waals surface area contributed by atoms with Crippen molar-refractivity contribution in [2.45, 2.75) is 94.9 Å². The molecule has 5 aromatic rings. The number of aromatic nitrogens is 3. The average Bonchev–Trinajstić information content (AvgIpc) is 3.95. The number of hydrogen-bond donors (Lipinski definition) is 3. The second kappa shape index (κ2) is 18.9. The smallest absolute Gasteiger partial charge is 0.264 e. The zero-order chi connectivity index (χ0) is 45.2. The second-order valence-corrected chi connectivity index (χ2v) is 21.4. The molecule has 4 aromatic carbocycles. The van der Waals surface area contributed by atoms with E-state index in [1.807, 2.05) is 111 Å². The fourth-order valence-corrected chi connectivity index (χ4v) is 12.7. The van der Waals surface area contributed by atoms with Crippen LogP contribution in [0.25, 0.3) is 0 Å². The van der Waals surface area contributed by atoms with Gasteiger partial charge >= 0.3 is 0 Å². The third-order valence-corrected chi connectivity index (χ3v) is 15.6. The van der Waals surface area contributed by atoms with Crippen molar-refractivity contribution < 1.29 is 38.1 Å². The third-order valence-electron chi connectivity index (χ3n) is 13.2. The number of carbonyl (C=O) groups excluding carboxylic acids is 2. The van der Waals surface area contributed by atoms with Crippen LogP contribution in [0.15, 0.2) is 97.2 Å². The molecule has 1 aromatic heterocycles. The summed E-state index contributed by atoms with van der Waals surface area (Å²) in [5.74, 6) is 0.141. The van der Waals surface area contributed by atoms with Gasteiger partial charge in [0.15, 0.2) is 5.60 Å². The fourth-order valence-electron chi connectivity index (χ4n) is 10.1. The molecule has 2 amide bonds. The molecule has 3 aliphatic heterocycles. The molecule has 6 atom stereocenters.